The summed E-state index contributed by atoms with van der Waals surface area (Å²) in [6, 6.07) is 0. The van der Waals surface area contributed by atoms with Crippen molar-refractivity contribution in [3.8, 4) is 0 Å². The summed E-state index contributed by atoms with van der Waals surface area (Å²) in [5, 5.41) is -3.10. The van der Waals surface area contributed by atoms with Crippen molar-refractivity contribution in [2.24, 2.45) is 0 Å². The average molecular weight is 400 g/mol. The first-order valence-corrected chi connectivity index (χ1v) is 11.7. The molecule has 0 radical (unpaired) electrons. The first-order valence-electron chi connectivity index (χ1n) is 6.22. The third kappa shape index (κ3) is 6.73. The second-order valence-electron chi connectivity index (χ2n) is 5.07. The Morgan fingerprint density at radius 3 is 0.864 bits per heavy atom. The smallest absolute Gasteiger partial charge is 0.199 e. The van der Waals surface area contributed by atoms with Crippen molar-refractivity contribution < 1.29 is 37.2 Å². The van der Waals surface area contributed by atoms with E-state index in [9.17, 15) is 25.3 Å². The quantitative estimate of drug-likeness (QED) is 0.528. The Hall–Kier alpha value is 0.160. The molecular formula is C9H21O9PS3. The highest BCUT2D eigenvalue weighted by Crippen LogP contribution is 2.47. The van der Waals surface area contributed by atoms with Crippen LogP contribution in [0.3, 0.4) is 0 Å². The van der Waals surface area contributed by atoms with E-state index in [0.29, 0.717) is 0 Å². The van der Waals surface area contributed by atoms with Crippen LogP contribution in [0.1, 0.15) is 41.5 Å². The maximum atomic E-state index is 11.7. The lowest BCUT2D eigenvalue weighted by molar-refractivity contribution is 0.372. The van der Waals surface area contributed by atoms with Gasteiger partial charge in [-0.25, -0.2) is 0 Å². The first kappa shape index (κ1) is 22.2. The Kier molecular flexibility index (Phi) is 7.88. The Balaban J connectivity index is 5.53. The molecule has 0 aliphatic rings. The third-order valence-electron chi connectivity index (χ3n) is 2.23. The summed E-state index contributed by atoms with van der Waals surface area (Å²) in [6.45, 7) is 7.65. The monoisotopic (exact) mass is 400 g/mol. The Bertz CT molecular complexity index is 566. The van der Waals surface area contributed by atoms with E-state index in [2.05, 4.69) is 11.9 Å². The lowest BCUT2D eigenvalue weighted by Gasteiger charge is -2.18. The summed E-state index contributed by atoms with van der Waals surface area (Å²) in [6.07, 6.45) is 0. The molecule has 9 nitrogen and oxygen atoms in total. The van der Waals surface area contributed by atoms with Crippen molar-refractivity contribution in [2.75, 3.05) is 0 Å². The van der Waals surface area contributed by atoms with Crippen LogP contribution in [0.5, 0.6) is 0 Å². The molecule has 0 aromatic rings. The minimum atomic E-state index is -4.24. The molecule has 13 heteroatoms. The third-order valence-corrected chi connectivity index (χ3v) is 9.64. The highest BCUT2D eigenvalue weighted by atomic mass is 32.3. The van der Waals surface area contributed by atoms with Gasteiger partial charge in [0.2, 0.25) is 0 Å². The fraction of sp³-hybridized carbons (Fsp3) is 1.00. The summed E-state index contributed by atoms with van der Waals surface area (Å²) < 4.78 is 83.7. The topological polar surface area (TPSA) is 130 Å². The van der Waals surface area contributed by atoms with E-state index in [0.717, 1.165) is 0 Å². The van der Waals surface area contributed by atoms with E-state index < -0.39 is 54.7 Å². The zero-order chi connectivity index (χ0) is 17.9. The van der Waals surface area contributed by atoms with Gasteiger partial charge in [0.25, 0.3) is 30.4 Å². The Morgan fingerprint density at radius 2 is 0.727 bits per heavy atom. The van der Waals surface area contributed by atoms with Gasteiger partial charge in [0.15, 0.2) is 0 Å². The van der Waals surface area contributed by atoms with E-state index in [1.165, 1.54) is 41.5 Å². The van der Waals surface area contributed by atoms with Gasteiger partial charge < -0.3 is 0 Å². The van der Waals surface area contributed by atoms with Crippen LogP contribution in [-0.2, 0) is 42.3 Å². The van der Waals surface area contributed by atoms with Crippen LogP contribution in [-0.4, -0.2) is 41.0 Å². The molecule has 0 aromatic heterocycles. The molecule has 0 rings (SSSR count). The van der Waals surface area contributed by atoms with Gasteiger partial charge in [-0.3, -0.25) is 0 Å². The zero-order valence-corrected chi connectivity index (χ0v) is 16.4. The van der Waals surface area contributed by atoms with Crippen molar-refractivity contribution in [3.05, 3.63) is 0 Å². The van der Waals surface area contributed by atoms with Gasteiger partial charge in [0.05, 0.1) is 15.7 Å². The van der Waals surface area contributed by atoms with Crippen LogP contribution >= 0.6 is 8.60 Å². The van der Waals surface area contributed by atoms with Gasteiger partial charge in [0.1, 0.15) is 0 Å². The number of hydrogen-bond acceptors (Lipinski definition) is 9. The number of rotatable bonds is 9. The van der Waals surface area contributed by atoms with E-state index in [1.54, 1.807) is 0 Å². The predicted octanol–water partition coefficient (Wildman–Crippen LogP) is 1.48. The molecule has 22 heavy (non-hydrogen) atoms. The standard InChI is InChI=1S/C9H21O9PS3/c1-7(2)20(10,11)16-19(17-21(12,13)8(3)4)18-22(14,15)9(5)6/h7-9H,1-6H3. The number of hydrogen-bond donors (Lipinski definition) is 0. The van der Waals surface area contributed by atoms with E-state index in [1.807, 2.05) is 0 Å². The molecule has 0 spiro atoms. The summed E-state index contributed by atoms with van der Waals surface area (Å²) in [5.41, 5.74) is 0. The van der Waals surface area contributed by atoms with Gasteiger partial charge in [-0.1, -0.05) is 0 Å². The van der Waals surface area contributed by atoms with Crippen molar-refractivity contribution >= 4 is 39.0 Å². The minimum Gasteiger partial charge on any atom is -0.199 e. The van der Waals surface area contributed by atoms with Crippen molar-refractivity contribution in [1.82, 2.24) is 0 Å². The molecule has 0 aliphatic heterocycles. The molecule has 0 fully saturated rings. The van der Waals surface area contributed by atoms with Gasteiger partial charge >= 0.3 is 8.60 Å². The highest BCUT2D eigenvalue weighted by molar-refractivity contribution is 7.97. The van der Waals surface area contributed by atoms with Crippen LogP contribution in [0.25, 0.3) is 0 Å². The first-order chi connectivity index (χ1) is 9.62. The summed E-state index contributed by atoms with van der Waals surface area (Å²) in [4.78, 5) is 0. The van der Waals surface area contributed by atoms with Crippen LogP contribution in [0, 0.1) is 0 Å². The molecule has 0 saturated heterocycles. The summed E-state index contributed by atoms with van der Waals surface area (Å²) >= 11 is 0. The van der Waals surface area contributed by atoms with Crippen molar-refractivity contribution in [1.29, 1.82) is 0 Å². The molecule has 0 bridgehead atoms. The van der Waals surface area contributed by atoms with Gasteiger partial charge in [-0.05, 0) is 41.5 Å². The average Bonchev–Trinajstić information content (AvgIpc) is 2.25. The molecule has 0 aromatic carbocycles. The summed E-state index contributed by atoms with van der Waals surface area (Å²) in [7, 11) is -15.9. The van der Waals surface area contributed by atoms with E-state index in [4.69, 9.17) is 0 Å². The largest absolute Gasteiger partial charge is 0.380 e. The second-order valence-corrected chi connectivity index (χ2v) is 13.1. The van der Waals surface area contributed by atoms with E-state index in [-0.39, 0.29) is 0 Å². The van der Waals surface area contributed by atoms with Crippen LogP contribution < -0.4 is 0 Å². The molecule has 0 atom stereocenters. The molecule has 0 N–H and O–H groups in total. The molecule has 134 valence electrons. The Labute approximate surface area is 133 Å². The predicted molar refractivity (Wildman–Crippen MR) is 82.3 cm³/mol. The lowest BCUT2D eigenvalue weighted by Crippen LogP contribution is -2.22. The Morgan fingerprint density at radius 1 is 0.545 bits per heavy atom. The molecule has 0 unspecified atom stereocenters. The van der Waals surface area contributed by atoms with Crippen molar-refractivity contribution in [3.63, 3.8) is 0 Å². The van der Waals surface area contributed by atoms with Gasteiger partial charge in [0, 0.05) is 0 Å². The fourth-order valence-electron chi connectivity index (χ4n) is 0.550. The molecule has 0 aliphatic carbocycles. The second kappa shape index (κ2) is 7.82. The minimum absolute atomic E-state index is 1.03. The maximum absolute atomic E-state index is 11.7. The van der Waals surface area contributed by atoms with Crippen LogP contribution in [0.4, 0.5) is 0 Å². The van der Waals surface area contributed by atoms with Crippen molar-refractivity contribution in [2.45, 2.75) is 57.3 Å². The fourth-order valence-corrected chi connectivity index (χ4v) is 5.62. The van der Waals surface area contributed by atoms with Crippen LogP contribution in [0.15, 0.2) is 0 Å². The van der Waals surface area contributed by atoms with Gasteiger partial charge in [-0.2, -0.15) is 37.2 Å². The molecular weight excluding hydrogens is 379 g/mol. The SMILES string of the molecule is CC(C)S(=O)(=O)OP(OS(=O)(=O)C(C)C)OS(=O)(=O)C(C)C. The molecule has 0 heterocycles. The maximum Gasteiger partial charge on any atom is 0.380 e. The zero-order valence-electron chi connectivity index (χ0n) is 13.1. The van der Waals surface area contributed by atoms with E-state index >= 15 is 0 Å². The highest BCUT2D eigenvalue weighted by Gasteiger charge is 2.36. The molecule has 0 amide bonds. The van der Waals surface area contributed by atoms with Crippen LogP contribution in [0.2, 0.25) is 0 Å². The molecule has 0 saturated carbocycles. The van der Waals surface area contributed by atoms with Gasteiger partial charge in [-0.15, -0.1) is 0 Å². The lowest BCUT2D eigenvalue weighted by atomic mass is 10.6. The normalized spacial score (nSPS) is 14.5. The summed E-state index contributed by atoms with van der Waals surface area (Å²) in [5.74, 6) is 0.